The van der Waals surface area contributed by atoms with Gasteiger partial charge >= 0.3 is 0 Å². The molecule has 6 nitrogen and oxygen atoms in total. The van der Waals surface area contributed by atoms with E-state index in [0.29, 0.717) is 17.5 Å². The quantitative estimate of drug-likeness (QED) is 0.635. The highest BCUT2D eigenvalue weighted by Gasteiger charge is 2.24. The van der Waals surface area contributed by atoms with Crippen LogP contribution in [-0.2, 0) is 17.9 Å². The van der Waals surface area contributed by atoms with Crippen LogP contribution in [0.3, 0.4) is 0 Å². The summed E-state index contributed by atoms with van der Waals surface area (Å²) in [6, 6.07) is 15.7. The van der Waals surface area contributed by atoms with Gasteiger partial charge in [-0.1, -0.05) is 24.3 Å². The summed E-state index contributed by atoms with van der Waals surface area (Å²) < 4.78 is 13.3. The van der Waals surface area contributed by atoms with Crippen LogP contribution in [0, 0.1) is 0 Å². The van der Waals surface area contributed by atoms with Crippen molar-refractivity contribution >= 4 is 16.9 Å². The van der Waals surface area contributed by atoms with Crippen molar-refractivity contribution in [2.75, 3.05) is 13.7 Å². The van der Waals surface area contributed by atoms with Gasteiger partial charge in [0, 0.05) is 12.6 Å². The smallest absolute Gasteiger partial charge is 0.242 e. The molecule has 1 atom stereocenters. The first-order chi connectivity index (χ1) is 14.2. The van der Waals surface area contributed by atoms with Gasteiger partial charge < -0.3 is 18.9 Å². The fraction of sp³-hybridized carbons (Fsp3) is 0.391. The first-order valence-electron chi connectivity index (χ1n) is 10.2. The van der Waals surface area contributed by atoms with Crippen molar-refractivity contribution in [1.29, 1.82) is 0 Å². The number of hydrogen-bond donors (Lipinski definition) is 0. The fourth-order valence-corrected chi connectivity index (χ4v) is 3.99. The Kier molecular flexibility index (Phi) is 5.69. The molecule has 1 amide bonds. The van der Waals surface area contributed by atoms with Gasteiger partial charge in [0.05, 0.1) is 18.1 Å². The van der Waals surface area contributed by atoms with Crippen LogP contribution in [0.5, 0.6) is 11.5 Å². The van der Waals surface area contributed by atoms with Gasteiger partial charge in [-0.25, -0.2) is 4.98 Å². The third-order valence-corrected chi connectivity index (χ3v) is 5.58. The molecule has 0 spiro atoms. The summed E-state index contributed by atoms with van der Waals surface area (Å²) in [6.45, 7) is 3.50. The van der Waals surface area contributed by atoms with Gasteiger partial charge in [-0.3, -0.25) is 4.79 Å². The number of ether oxygens (including phenoxy) is 2. The number of hydrogen-bond acceptors (Lipinski definition) is 4. The Balaban J connectivity index is 1.59. The summed E-state index contributed by atoms with van der Waals surface area (Å²) in [6.07, 6.45) is 3.33. The number of imidazole rings is 1. The Hall–Kier alpha value is -3.02. The molecule has 0 aliphatic carbocycles. The predicted molar refractivity (Wildman–Crippen MR) is 112 cm³/mol. The van der Waals surface area contributed by atoms with E-state index in [1.54, 1.807) is 7.11 Å². The van der Waals surface area contributed by atoms with Crippen molar-refractivity contribution < 1.29 is 14.3 Å². The lowest BCUT2D eigenvalue weighted by Crippen LogP contribution is -2.43. The highest BCUT2D eigenvalue weighted by Crippen LogP contribution is 2.27. The second-order valence-electron chi connectivity index (χ2n) is 7.47. The van der Waals surface area contributed by atoms with Gasteiger partial charge in [0.2, 0.25) is 5.91 Å². The molecule has 29 heavy (non-hydrogen) atoms. The lowest BCUT2D eigenvalue weighted by Gasteiger charge is -2.33. The summed E-state index contributed by atoms with van der Waals surface area (Å²) in [5.41, 5.74) is 1.81. The molecule has 0 N–H and O–H groups in total. The number of rotatable bonds is 6. The highest BCUT2D eigenvalue weighted by atomic mass is 16.5. The average Bonchev–Trinajstić information content (AvgIpc) is 3.10. The summed E-state index contributed by atoms with van der Waals surface area (Å²) >= 11 is 0. The van der Waals surface area contributed by atoms with Gasteiger partial charge in [0.25, 0.3) is 0 Å². The number of likely N-dealkylation sites (tertiary alicyclic amines) is 1. The summed E-state index contributed by atoms with van der Waals surface area (Å²) in [4.78, 5) is 19.8. The fourth-order valence-electron chi connectivity index (χ4n) is 3.99. The van der Waals surface area contributed by atoms with Crippen molar-refractivity contribution in [3.8, 4) is 11.5 Å². The Bertz CT molecular complexity index is 998. The molecule has 2 aromatic carbocycles. The summed E-state index contributed by atoms with van der Waals surface area (Å²) in [5, 5.41) is 0. The third kappa shape index (κ3) is 4.06. The van der Waals surface area contributed by atoms with Gasteiger partial charge in [-0.15, -0.1) is 0 Å². The second-order valence-corrected chi connectivity index (χ2v) is 7.47. The lowest BCUT2D eigenvalue weighted by atomic mass is 10.0. The predicted octanol–water partition coefficient (Wildman–Crippen LogP) is 4.02. The number of amides is 1. The number of nitrogens with zero attached hydrogens (tertiary/aromatic N) is 3. The second kappa shape index (κ2) is 8.55. The molecule has 4 rings (SSSR count). The molecule has 1 unspecified atom stereocenters. The summed E-state index contributed by atoms with van der Waals surface area (Å²) in [7, 11) is 1.62. The first kappa shape index (κ1) is 19.3. The number of piperidine rings is 1. The normalized spacial score (nSPS) is 16.8. The largest absolute Gasteiger partial charge is 0.493 e. The van der Waals surface area contributed by atoms with Crippen LogP contribution in [0.15, 0.2) is 48.5 Å². The Morgan fingerprint density at radius 1 is 1.10 bits per heavy atom. The van der Waals surface area contributed by atoms with E-state index in [1.807, 2.05) is 58.0 Å². The maximum Gasteiger partial charge on any atom is 0.242 e. The Morgan fingerprint density at radius 2 is 1.86 bits per heavy atom. The molecule has 0 bridgehead atoms. The average molecular weight is 393 g/mol. The Morgan fingerprint density at radius 3 is 2.66 bits per heavy atom. The minimum atomic E-state index is 0.138. The zero-order valence-electron chi connectivity index (χ0n) is 17.0. The van der Waals surface area contributed by atoms with Crippen LogP contribution < -0.4 is 9.47 Å². The van der Waals surface area contributed by atoms with E-state index in [-0.39, 0.29) is 19.1 Å². The number of para-hydroxylation sites is 4. The van der Waals surface area contributed by atoms with Crippen LogP contribution in [0.25, 0.3) is 11.0 Å². The van der Waals surface area contributed by atoms with Crippen molar-refractivity contribution in [2.24, 2.45) is 0 Å². The lowest BCUT2D eigenvalue weighted by molar-refractivity contribution is -0.135. The van der Waals surface area contributed by atoms with E-state index in [0.717, 1.165) is 36.2 Å². The standard InChI is InChI=1S/C23H27N3O3/c1-17-9-7-8-14-25(17)23(27)15-26-19-11-4-3-10-18(19)24-22(26)16-29-21-13-6-5-12-20(21)28-2/h3-6,10-13,17H,7-9,14-16H2,1-2H3. The third-order valence-electron chi connectivity index (χ3n) is 5.58. The maximum absolute atomic E-state index is 13.1. The van der Waals surface area contributed by atoms with E-state index >= 15 is 0 Å². The zero-order chi connectivity index (χ0) is 20.2. The molecule has 1 saturated heterocycles. The van der Waals surface area contributed by atoms with Gasteiger partial charge in [0.15, 0.2) is 11.5 Å². The number of benzene rings is 2. The number of carbonyl (C=O) groups excluding carboxylic acids is 1. The number of aromatic nitrogens is 2. The van der Waals surface area contributed by atoms with Crippen LogP contribution in [0.4, 0.5) is 0 Å². The number of fused-ring (bicyclic) bond motifs is 1. The van der Waals surface area contributed by atoms with Gasteiger partial charge in [0.1, 0.15) is 19.0 Å². The summed E-state index contributed by atoms with van der Waals surface area (Å²) in [5.74, 6) is 2.20. The SMILES string of the molecule is COc1ccccc1OCc1nc2ccccc2n1CC(=O)N1CCCCC1C. The molecule has 6 heteroatoms. The van der Waals surface area contributed by atoms with E-state index in [1.165, 1.54) is 6.42 Å². The van der Waals surface area contributed by atoms with E-state index < -0.39 is 0 Å². The minimum absolute atomic E-state index is 0.138. The molecular formula is C23H27N3O3. The minimum Gasteiger partial charge on any atom is -0.493 e. The molecule has 0 radical (unpaired) electrons. The van der Waals surface area contributed by atoms with Gasteiger partial charge in [-0.05, 0) is 50.5 Å². The highest BCUT2D eigenvalue weighted by molar-refractivity contribution is 5.81. The van der Waals surface area contributed by atoms with Crippen LogP contribution in [-0.4, -0.2) is 40.1 Å². The molecule has 1 aliphatic rings. The van der Waals surface area contributed by atoms with Crippen LogP contribution >= 0.6 is 0 Å². The molecule has 1 aromatic heterocycles. The molecular weight excluding hydrogens is 366 g/mol. The van der Waals surface area contributed by atoms with Crippen molar-refractivity contribution in [3.63, 3.8) is 0 Å². The van der Waals surface area contributed by atoms with E-state index in [4.69, 9.17) is 14.5 Å². The molecule has 152 valence electrons. The molecule has 1 fully saturated rings. The van der Waals surface area contributed by atoms with E-state index in [2.05, 4.69) is 6.92 Å². The Labute approximate surface area is 171 Å². The topological polar surface area (TPSA) is 56.6 Å². The number of methoxy groups -OCH3 is 1. The van der Waals surface area contributed by atoms with Crippen LogP contribution in [0.1, 0.15) is 32.0 Å². The van der Waals surface area contributed by atoms with Crippen molar-refractivity contribution in [3.05, 3.63) is 54.4 Å². The van der Waals surface area contributed by atoms with E-state index in [9.17, 15) is 4.79 Å². The monoisotopic (exact) mass is 393 g/mol. The first-order valence-corrected chi connectivity index (χ1v) is 10.2. The van der Waals surface area contributed by atoms with Crippen LogP contribution in [0.2, 0.25) is 0 Å². The van der Waals surface area contributed by atoms with Gasteiger partial charge in [-0.2, -0.15) is 0 Å². The van der Waals surface area contributed by atoms with Crippen molar-refractivity contribution in [1.82, 2.24) is 14.5 Å². The zero-order valence-corrected chi connectivity index (χ0v) is 17.0. The molecule has 2 heterocycles. The van der Waals surface area contributed by atoms with Crippen molar-refractivity contribution in [2.45, 2.75) is 45.4 Å². The molecule has 1 aliphatic heterocycles. The number of carbonyl (C=O) groups is 1. The molecule has 0 saturated carbocycles. The molecule has 3 aromatic rings. The maximum atomic E-state index is 13.1.